The SMILES string of the molecule is Cc1cccc(C(CN)C(=O)Cc2ccc3c(O)cccc3c2)c1. The molecule has 0 saturated heterocycles. The Hall–Kier alpha value is -2.65. The predicted molar refractivity (Wildman–Crippen MR) is 97.3 cm³/mol. The summed E-state index contributed by atoms with van der Waals surface area (Å²) in [6.45, 7) is 2.31. The molecular formula is C21H21NO2. The van der Waals surface area contributed by atoms with Crippen LogP contribution in [0.3, 0.4) is 0 Å². The molecule has 0 amide bonds. The van der Waals surface area contributed by atoms with Crippen LogP contribution in [0.4, 0.5) is 0 Å². The molecule has 0 heterocycles. The summed E-state index contributed by atoms with van der Waals surface area (Å²) in [7, 11) is 0. The molecule has 3 nitrogen and oxygen atoms in total. The van der Waals surface area contributed by atoms with Crippen LogP contribution in [0.5, 0.6) is 5.75 Å². The van der Waals surface area contributed by atoms with Crippen LogP contribution in [-0.2, 0) is 11.2 Å². The van der Waals surface area contributed by atoms with Crippen LogP contribution in [0, 0.1) is 6.92 Å². The Morgan fingerprint density at radius 3 is 2.62 bits per heavy atom. The lowest BCUT2D eigenvalue weighted by Gasteiger charge is -2.15. The lowest BCUT2D eigenvalue weighted by Crippen LogP contribution is -2.23. The van der Waals surface area contributed by atoms with E-state index in [-0.39, 0.29) is 17.5 Å². The second kappa shape index (κ2) is 6.85. The molecule has 0 radical (unpaired) electrons. The van der Waals surface area contributed by atoms with Gasteiger partial charge in [0.1, 0.15) is 11.5 Å². The molecule has 0 aliphatic heterocycles. The molecule has 3 aromatic rings. The lowest BCUT2D eigenvalue weighted by molar-refractivity contribution is -0.119. The summed E-state index contributed by atoms with van der Waals surface area (Å²) in [5, 5.41) is 11.6. The van der Waals surface area contributed by atoms with E-state index in [0.29, 0.717) is 13.0 Å². The molecule has 0 bridgehead atoms. The van der Waals surface area contributed by atoms with Gasteiger partial charge in [0.25, 0.3) is 0 Å². The van der Waals surface area contributed by atoms with E-state index in [1.807, 2.05) is 55.5 Å². The summed E-state index contributed by atoms with van der Waals surface area (Å²) < 4.78 is 0. The minimum Gasteiger partial charge on any atom is -0.507 e. The van der Waals surface area contributed by atoms with E-state index < -0.39 is 0 Å². The number of rotatable bonds is 5. The third-order valence-electron chi connectivity index (χ3n) is 4.37. The van der Waals surface area contributed by atoms with E-state index in [4.69, 9.17) is 5.73 Å². The van der Waals surface area contributed by atoms with Gasteiger partial charge in [0.2, 0.25) is 0 Å². The topological polar surface area (TPSA) is 63.3 Å². The number of phenols is 1. The number of phenolic OH excluding ortho intramolecular Hbond substituents is 1. The van der Waals surface area contributed by atoms with Crippen LogP contribution >= 0.6 is 0 Å². The highest BCUT2D eigenvalue weighted by Gasteiger charge is 2.19. The Balaban J connectivity index is 1.85. The number of hydrogen-bond donors (Lipinski definition) is 2. The second-order valence-corrected chi connectivity index (χ2v) is 6.18. The maximum absolute atomic E-state index is 12.7. The summed E-state index contributed by atoms with van der Waals surface area (Å²) in [5.41, 5.74) is 8.90. The number of Topliss-reactive ketones (excluding diaryl/α,β-unsaturated/α-hetero) is 1. The molecule has 1 atom stereocenters. The highest BCUT2D eigenvalue weighted by Crippen LogP contribution is 2.26. The summed E-state index contributed by atoms with van der Waals surface area (Å²) in [6, 6.07) is 19.1. The number of nitrogens with two attached hydrogens (primary N) is 1. The van der Waals surface area contributed by atoms with Gasteiger partial charge in [-0.25, -0.2) is 0 Å². The summed E-state index contributed by atoms with van der Waals surface area (Å²) in [6.07, 6.45) is 0.335. The van der Waals surface area contributed by atoms with Gasteiger partial charge in [0.15, 0.2) is 0 Å². The zero-order chi connectivity index (χ0) is 17.1. The van der Waals surface area contributed by atoms with Gasteiger partial charge in [-0.2, -0.15) is 0 Å². The Morgan fingerprint density at radius 1 is 1.08 bits per heavy atom. The van der Waals surface area contributed by atoms with Gasteiger partial charge in [0.05, 0.1) is 5.92 Å². The fraction of sp³-hybridized carbons (Fsp3) is 0.190. The molecular weight excluding hydrogens is 298 g/mol. The van der Waals surface area contributed by atoms with Crippen molar-refractivity contribution in [2.75, 3.05) is 6.54 Å². The molecule has 0 aliphatic carbocycles. The summed E-state index contributed by atoms with van der Waals surface area (Å²) >= 11 is 0. The van der Waals surface area contributed by atoms with Crippen LogP contribution < -0.4 is 5.73 Å². The van der Waals surface area contributed by atoms with E-state index in [1.165, 1.54) is 0 Å². The quantitative estimate of drug-likeness (QED) is 0.753. The monoisotopic (exact) mass is 319 g/mol. The van der Waals surface area contributed by atoms with E-state index in [9.17, 15) is 9.90 Å². The number of benzene rings is 3. The highest BCUT2D eigenvalue weighted by atomic mass is 16.3. The number of carbonyl (C=O) groups is 1. The average molecular weight is 319 g/mol. The standard InChI is InChI=1S/C21H21NO2/c1-14-4-2-5-16(10-14)19(13-22)21(24)12-15-8-9-18-17(11-15)6-3-7-20(18)23/h2-11,19,23H,12-13,22H2,1H3. The van der Waals surface area contributed by atoms with Crippen LogP contribution in [0.2, 0.25) is 0 Å². The molecule has 122 valence electrons. The first kappa shape index (κ1) is 16.2. The van der Waals surface area contributed by atoms with Crippen LogP contribution in [-0.4, -0.2) is 17.4 Å². The zero-order valence-electron chi connectivity index (χ0n) is 13.7. The number of fused-ring (bicyclic) bond motifs is 1. The number of ketones is 1. The Labute approximate surface area is 141 Å². The minimum absolute atomic E-state index is 0.114. The van der Waals surface area contributed by atoms with Gasteiger partial charge in [-0.15, -0.1) is 0 Å². The van der Waals surface area contributed by atoms with Crippen LogP contribution in [0.15, 0.2) is 60.7 Å². The molecule has 1 unspecified atom stereocenters. The predicted octanol–water partition coefficient (Wildman–Crippen LogP) is 3.71. The van der Waals surface area contributed by atoms with Crippen molar-refractivity contribution in [2.45, 2.75) is 19.3 Å². The third-order valence-corrected chi connectivity index (χ3v) is 4.37. The molecule has 24 heavy (non-hydrogen) atoms. The van der Waals surface area contributed by atoms with Gasteiger partial charge in [-0.05, 0) is 29.5 Å². The van der Waals surface area contributed by atoms with E-state index >= 15 is 0 Å². The van der Waals surface area contributed by atoms with Crippen LogP contribution in [0.1, 0.15) is 22.6 Å². The molecule has 0 fully saturated rings. The molecule has 3 aromatic carbocycles. The van der Waals surface area contributed by atoms with Crippen molar-refractivity contribution in [1.82, 2.24) is 0 Å². The van der Waals surface area contributed by atoms with Crippen molar-refractivity contribution in [1.29, 1.82) is 0 Å². The van der Waals surface area contributed by atoms with Crippen molar-refractivity contribution in [3.05, 3.63) is 77.4 Å². The summed E-state index contributed by atoms with van der Waals surface area (Å²) in [4.78, 5) is 12.7. The molecule has 3 rings (SSSR count). The molecule has 0 saturated carbocycles. The van der Waals surface area contributed by atoms with Crippen LogP contribution in [0.25, 0.3) is 10.8 Å². The fourth-order valence-corrected chi connectivity index (χ4v) is 3.09. The number of aromatic hydroxyl groups is 1. The Kier molecular flexibility index (Phi) is 4.63. The lowest BCUT2D eigenvalue weighted by atomic mass is 9.90. The van der Waals surface area contributed by atoms with Gasteiger partial charge in [0, 0.05) is 18.4 Å². The maximum atomic E-state index is 12.7. The zero-order valence-corrected chi connectivity index (χ0v) is 13.7. The highest BCUT2D eigenvalue weighted by molar-refractivity contribution is 5.91. The van der Waals surface area contributed by atoms with Crippen molar-refractivity contribution in [3.8, 4) is 5.75 Å². The smallest absolute Gasteiger partial charge is 0.145 e. The van der Waals surface area contributed by atoms with Gasteiger partial charge in [-0.3, -0.25) is 4.79 Å². The molecule has 0 spiro atoms. The first-order valence-corrected chi connectivity index (χ1v) is 8.08. The average Bonchev–Trinajstić information content (AvgIpc) is 2.56. The Bertz CT molecular complexity index is 886. The van der Waals surface area contributed by atoms with Gasteiger partial charge < -0.3 is 10.8 Å². The maximum Gasteiger partial charge on any atom is 0.145 e. The van der Waals surface area contributed by atoms with Crippen molar-refractivity contribution in [3.63, 3.8) is 0 Å². The van der Waals surface area contributed by atoms with Crippen molar-refractivity contribution < 1.29 is 9.90 Å². The first-order valence-electron chi connectivity index (χ1n) is 8.08. The molecule has 0 aromatic heterocycles. The molecule has 3 N–H and O–H groups in total. The van der Waals surface area contributed by atoms with Crippen molar-refractivity contribution in [2.24, 2.45) is 5.73 Å². The molecule has 0 aliphatic rings. The third kappa shape index (κ3) is 3.31. The van der Waals surface area contributed by atoms with E-state index in [0.717, 1.165) is 27.5 Å². The van der Waals surface area contributed by atoms with E-state index in [2.05, 4.69) is 0 Å². The number of hydrogen-bond acceptors (Lipinski definition) is 3. The first-order chi connectivity index (χ1) is 11.6. The number of carbonyl (C=O) groups excluding carboxylic acids is 1. The largest absolute Gasteiger partial charge is 0.507 e. The fourth-order valence-electron chi connectivity index (χ4n) is 3.09. The normalized spacial score (nSPS) is 12.2. The van der Waals surface area contributed by atoms with E-state index in [1.54, 1.807) is 12.1 Å². The van der Waals surface area contributed by atoms with Gasteiger partial charge >= 0.3 is 0 Å². The van der Waals surface area contributed by atoms with Crippen molar-refractivity contribution >= 4 is 16.6 Å². The van der Waals surface area contributed by atoms with Gasteiger partial charge in [-0.1, -0.05) is 60.2 Å². The Morgan fingerprint density at radius 2 is 1.88 bits per heavy atom. The molecule has 3 heteroatoms. The minimum atomic E-state index is -0.287. The number of aryl methyl sites for hydroxylation is 1. The summed E-state index contributed by atoms with van der Waals surface area (Å²) in [5.74, 6) is 0.0809. The second-order valence-electron chi connectivity index (χ2n) is 6.18.